The second-order valence-corrected chi connectivity index (χ2v) is 6.17. The molecule has 3 aromatic rings. The summed E-state index contributed by atoms with van der Waals surface area (Å²) in [5, 5.41) is 7.39. The van der Waals surface area contributed by atoms with Crippen molar-refractivity contribution in [2.45, 2.75) is 25.3 Å². The summed E-state index contributed by atoms with van der Waals surface area (Å²) in [7, 11) is 0. The number of hydrogen-bond acceptors (Lipinski definition) is 5. The van der Waals surface area contributed by atoms with Crippen molar-refractivity contribution in [3.8, 4) is 11.5 Å². The van der Waals surface area contributed by atoms with Crippen molar-refractivity contribution in [1.29, 1.82) is 0 Å². The highest BCUT2D eigenvalue weighted by Gasteiger charge is 2.23. The molecule has 1 aromatic carbocycles. The first-order valence-electron chi connectivity index (χ1n) is 8.33. The molecule has 122 valence electrons. The van der Waals surface area contributed by atoms with E-state index in [9.17, 15) is 0 Å². The van der Waals surface area contributed by atoms with E-state index in [-0.39, 0.29) is 0 Å². The van der Waals surface area contributed by atoms with E-state index in [0.717, 1.165) is 38.3 Å². The van der Waals surface area contributed by atoms with Crippen LogP contribution in [-0.2, 0) is 6.54 Å². The first-order valence-corrected chi connectivity index (χ1v) is 8.33. The number of aromatic amines is 1. The van der Waals surface area contributed by atoms with Crippen LogP contribution in [0.3, 0.4) is 0 Å². The molecule has 0 amide bonds. The van der Waals surface area contributed by atoms with Gasteiger partial charge in [0.15, 0.2) is 0 Å². The first-order chi connectivity index (χ1) is 11.9. The standard InChI is InChI=1S/C18H20N6/c1-2-4-14(5-3-1)13-24-10-6-15(7-11-24)17-21-18(23-22-17)16-12-19-8-9-20-16/h1-5,8-9,12,15H,6-7,10-11,13H2,(H,21,22,23). The quantitative estimate of drug-likeness (QED) is 0.800. The van der Waals surface area contributed by atoms with Gasteiger partial charge in [0.05, 0.1) is 6.20 Å². The monoisotopic (exact) mass is 320 g/mol. The van der Waals surface area contributed by atoms with Gasteiger partial charge < -0.3 is 0 Å². The molecule has 0 saturated carbocycles. The number of piperidine rings is 1. The number of H-pyrrole nitrogens is 1. The van der Waals surface area contributed by atoms with E-state index in [4.69, 9.17) is 0 Å². The van der Waals surface area contributed by atoms with Crippen molar-refractivity contribution in [2.75, 3.05) is 13.1 Å². The zero-order valence-corrected chi connectivity index (χ0v) is 13.5. The molecule has 1 aliphatic heterocycles. The molecule has 4 rings (SSSR count). The lowest BCUT2D eigenvalue weighted by atomic mass is 9.96. The Morgan fingerprint density at radius 3 is 2.67 bits per heavy atom. The van der Waals surface area contributed by atoms with E-state index < -0.39 is 0 Å². The molecular formula is C18H20N6. The van der Waals surface area contributed by atoms with Crippen molar-refractivity contribution in [2.24, 2.45) is 0 Å². The molecule has 0 atom stereocenters. The number of nitrogens with zero attached hydrogens (tertiary/aromatic N) is 5. The molecule has 1 fully saturated rings. The van der Waals surface area contributed by atoms with Crippen LogP contribution in [0.1, 0.15) is 30.1 Å². The molecule has 6 nitrogen and oxygen atoms in total. The Bertz CT molecular complexity index is 762. The molecule has 0 spiro atoms. The molecule has 0 radical (unpaired) electrons. The molecule has 24 heavy (non-hydrogen) atoms. The molecule has 2 aromatic heterocycles. The second-order valence-electron chi connectivity index (χ2n) is 6.17. The minimum absolute atomic E-state index is 0.440. The fourth-order valence-electron chi connectivity index (χ4n) is 3.19. The highest BCUT2D eigenvalue weighted by molar-refractivity contribution is 5.46. The Hall–Kier alpha value is -2.60. The lowest BCUT2D eigenvalue weighted by Crippen LogP contribution is -2.32. The van der Waals surface area contributed by atoms with Crippen molar-refractivity contribution in [3.05, 3.63) is 60.3 Å². The van der Waals surface area contributed by atoms with Gasteiger partial charge in [-0.2, -0.15) is 5.10 Å². The summed E-state index contributed by atoms with van der Waals surface area (Å²) in [6, 6.07) is 10.6. The number of aromatic nitrogens is 5. The van der Waals surface area contributed by atoms with E-state index in [0.29, 0.717) is 17.4 Å². The normalized spacial score (nSPS) is 16.3. The molecular weight excluding hydrogens is 300 g/mol. The van der Waals surface area contributed by atoms with E-state index in [1.165, 1.54) is 5.56 Å². The van der Waals surface area contributed by atoms with Gasteiger partial charge in [0.2, 0.25) is 5.82 Å². The van der Waals surface area contributed by atoms with Crippen LogP contribution in [0.4, 0.5) is 0 Å². The van der Waals surface area contributed by atoms with Crippen molar-refractivity contribution in [1.82, 2.24) is 30.0 Å². The van der Waals surface area contributed by atoms with Crippen LogP contribution < -0.4 is 0 Å². The Kier molecular flexibility index (Phi) is 4.29. The Labute approximate surface area is 141 Å². The van der Waals surface area contributed by atoms with Gasteiger partial charge in [0.25, 0.3) is 0 Å². The molecule has 6 heteroatoms. The van der Waals surface area contributed by atoms with Crippen LogP contribution in [0.2, 0.25) is 0 Å². The minimum Gasteiger partial charge on any atom is -0.299 e. The van der Waals surface area contributed by atoms with Gasteiger partial charge in [-0.3, -0.25) is 15.0 Å². The summed E-state index contributed by atoms with van der Waals surface area (Å²) >= 11 is 0. The molecule has 3 heterocycles. The van der Waals surface area contributed by atoms with Crippen LogP contribution in [0.15, 0.2) is 48.9 Å². The summed E-state index contributed by atoms with van der Waals surface area (Å²) in [4.78, 5) is 15.5. The maximum Gasteiger partial charge on any atom is 0.201 e. The molecule has 1 saturated heterocycles. The zero-order chi connectivity index (χ0) is 16.2. The summed E-state index contributed by atoms with van der Waals surface area (Å²) in [5.74, 6) is 2.04. The third kappa shape index (κ3) is 3.33. The van der Waals surface area contributed by atoms with Crippen LogP contribution in [0.25, 0.3) is 11.5 Å². The van der Waals surface area contributed by atoms with Gasteiger partial charge in [-0.1, -0.05) is 30.3 Å². The third-order valence-corrected chi connectivity index (χ3v) is 4.52. The van der Waals surface area contributed by atoms with Crippen molar-refractivity contribution in [3.63, 3.8) is 0 Å². The summed E-state index contributed by atoms with van der Waals surface area (Å²) in [6.07, 6.45) is 7.20. The van der Waals surface area contributed by atoms with E-state index in [1.807, 2.05) is 0 Å². The zero-order valence-electron chi connectivity index (χ0n) is 13.5. The van der Waals surface area contributed by atoms with E-state index >= 15 is 0 Å². The Morgan fingerprint density at radius 2 is 1.92 bits per heavy atom. The van der Waals surface area contributed by atoms with Gasteiger partial charge >= 0.3 is 0 Å². The van der Waals surface area contributed by atoms with Gasteiger partial charge in [0.1, 0.15) is 11.5 Å². The number of benzene rings is 1. The molecule has 1 aliphatic rings. The fourth-order valence-corrected chi connectivity index (χ4v) is 3.19. The topological polar surface area (TPSA) is 70.6 Å². The first kappa shape index (κ1) is 15.0. The van der Waals surface area contributed by atoms with Gasteiger partial charge in [-0.05, 0) is 31.5 Å². The number of hydrogen-bond donors (Lipinski definition) is 1. The van der Waals surface area contributed by atoms with Crippen LogP contribution >= 0.6 is 0 Å². The summed E-state index contributed by atoms with van der Waals surface area (Å²) in [6.45, 7) is 3.19. The predicted octanol–water partition coefficient (Wildman–Crippen LogP) is 2.64. The Morgan fingerprint density at radius 1 is 1.08 bits per heavy atom. The smallest absolute Gasteiger partial charge is 0.201 e. The fraction of sp³-hybridized carbons (Fsp3) is 0.333. The maximum absolute atomic E-state index is 4.63. The molecule has 0 unspecified atom stereocenters. The summed E-state index contributed by atoms with van der Waals surface area (Å²) in [5.41, 5.74) is 2.09. The minimum atomic E-state index is 0.440. The Balaban J connectivity index is 1.37. The van der Waals surface area contributed by atoms with Gasteiger partial charge in [0, 0.05) is 24.9 Å². The number of rotatable bonds is 4. The SMILES string of the molecule is c1ccc(CN2CCC(c3nc(-c4cnccn4)n[nH]3)CC2)cc1. The highest BCUT2D eigenvalue weighted by atomic mass is 15.2. The van der Waals surface area contributed by atoms with Crippen molar-refractivity contribution >= 4 is 0 Å². The van der Waals surface area contributed by atoms with Gasteiger partial charge in [-0.25, -0.2) is 9.97 Å². The van der Waals surface area contributed by atoms with Crippen LogP contribution in [0, 0.1) is 0 Å². The lowest BCUT2D eigenvalue weighted by molar-refractivity contribution is 0.202. The number of nitrogens with one attached hydrogen (secondary N) is 1. The largest absolute Gasteiger partial charge is 0.299 e. The molecule has 1 N–H and O–H groups in total. The average molecular weight is 320 g/mol. The summed E-state index contributed by atoms with van der Waals surface area (Å²) < 4.78 is 0. The maximum atomic E-state index is 4.63. The van der Waals surface area contributed by atoms with E-state index in [1.54, 1.807) is 18.6 Å². The third-order valence-electron chi connectivity index (χ3n) is 4.52. The molecule has 0 bridgehead atoms. The van der Waals surface area contributed by atoms with Crippen LogP contribution in [0.5, 0.6) is 0 Å². The van der Waals surface area contributed by atoms with Crippen molar-refractivity contribution < 1.29 is 0 Å². The van der Waals surface area contributed by atoms with Crippen LogP contribution in [-0.4, -0.2) is 43.1 Å². The molecule has 0 aliphatic carbocycles. The van der Waals surface area contributed by atoms with Gasteiger partial charge in [-0.15, -0.1) is 0 Å². The van der Waals surface area contributed by atoms with E-state index in [2.05, 4.69) is 60.4 Å². The number of likely N-dealkylation sites (tertiary alicyclic amines) is 1. The average Bonchev–Trinajstić information content (AvgIpc) is 3.14. The highest BCUT2D eigenvalue weighted by Crippen LogP contribution is 2.27. The second kappa shape index (κ2) is 6.88. The predicted molar refractivity (Wildman–Crippen MR) is 91.1 cm³/mol. The lowest BCUT2D eigenvalue weighted by Gasteiger charge is -2.30.